The topological polar surface area (TPSA) is 55.8 Å². The van der Waals surface area contributed by atoms with Crippen molar-refractivity contribution in [1.29, 1.82) is 0 Å². The Morgan fingerprint density at radius 3 is 2.52 bits per heavy atom. The van der Waals surface area contributed by atoms with Crippen LogP contribution in [-0.4, -0.2) is 66.3 Å². The second kappa shape index (κ2) is 8.69. The highest BCUT2D eigenvalue weighted by Gasteiger charge is 2.27. The Kier molecular flexibility index (Phi) is 6.90. The molecular weight excluding hydrogens is 290 g/mol. The maximum atomic E-state index is 12.4. The first-order chi connectivity index (χ1) is 11.0. The van der Waals surface area contributed by atoms with E-state index in [4.69, 9.17) is 0 Å². The van der Waals surface area contributed by atoms with Gasteiger partial charge in [-0.1, -0.05) is 25.0 Å². The molecule has 5 nitrogen and oxygen atoms in total. The lowest BCUT2D eigenvalue weighted by Gasteiger charge is -2.35. The minimum absolute atomic E-state index is 0.00104. The van der Waals surface area contributed by atoms with Crippen molar-refractivity contribution in [2.45, 2.75) is 57.6 Å². The van der Waals surface area contributed by atoms with Gasteiger partial charge in [0.1, 0.15) is 0 Å². The van der Waals surface area contributed by atoms with Crippen LogP contribution in [0, 0.1) is 5.92 Å². The van der Waals surface area contributed by atoms with Crippen molar-refractivity contribution in [1.82, 2.24) is 15.1 Å². The summed E-state index contributed by atoms with van der Waals surface area (Å²) in [6.07, 6.45) is 5.93. The van der Waals surface area contributed by atoms with Crippen molar-refractivity contribution in [3.8, 4) is 0 Å². The SMILES string of the molecule is C=C(C)CN1CCC(NC(=O)N(C)CC2CCCCC2O)CC1. The highest BCUT2D eigenvalue weighted by molar-refractivity contribution is 5.74. The molecule has 2 unspecified atom stereocenters. The van der Waals surface area contributed by atoms with Gasteiger partial charge in [-0.05, 0) is 32.6 Å². The number of carbonyl (C=O) groups is 1. The Bertz CT molecular complexity index is 405. The van der Waals surface area contributed by atoms with Crippen LogP contribution in [0.1, 0.15) is 45.4 Å². The third-order valence-electron chi connectivity index (χ3n) is 5.13. The smallest absolute Gasteiger partial charge is 0.317 e. The van der Waals surface area contributed by atoms with Crippen LogP contribution < -0.4 is 5.32 Å². The summed E-state index contributed by atoms with van der Waals surface area (Å²) in [5, 5.41) is 13.2. The van der Waals surface area contributed by atoms with Crippen LogP contribution in [0.2, 0.25) is 0 Å². The number of aliphatic hydroxyl groups excluding tert-OH is 1. The number of aliphatic hydroxyl groups is 1. The molecule has 132 valence electrons. The summed E-state index contributed by atoms with van der Waals surface area (Å²) < 4.78 is 0. The number of amides is 2. The number of urea groups is 1. The van der Waals surface area contributed by atoms with Gasteiger partial charge in [-0.15, -0.1) is 0 Å². The van der Waals surface area contributed by atoms with Gasteiger partial charge in [0, 0.05) is 45.2 Å². The Morgan fingerprint density at radius 2 is 1.91 bits per heavy atom. The summed E-state index contributed by atoms with van der Waals surface area (Å²) in [5.41, 5.74) is 1.19. The lowest BCUT2D eigenvalue weighted by Crippen LogP contribution is -2.50. The lowest BCUT2D eigenvalue weighted by atomic mass is 9.86. The molecule has 0 bridgehead atoms. The molecule has 5 heteroatoms. The molecule has 1 aliphatic carbocycles. The van der Waals surface area contributed by atoms with Gasteiger partial charge in [0.25, 0.3) is 0 Å². The van der Waals surface area contributed by atoms with Gasteiger partial charge in [-0.3, -0.25) is 4.90 Å². The van der Waals surface area contributed by atoms with E-state index in [1.165, 1.54) is 12.0 Å². The molecule has 2 N–H and O–H groups in total. The fourth-order valence-corrected chi connectivity index (χ4v) is 3.74. The van der Waals surface area contributed by atoms with Gasteiger partial charge in [0.05, 0.1) is 6.10 Å². The monoisotopic (exact) mass is 323 g/mol. The molecule has 0 aromatic rings. The van der Waals surface area contributed by atoms with Gasteiger partial charge >= 0.3 is 6.03 Å². The van der Waals surface area contributed by atoms with Crippen molar-refractivity contribution < 1.29 is 9.90 Å². The third-order valence-corrected chi connectivity index (χ3v) is 5.13. The van der Waals surface area contributed by atoms with E-state index in [1.54, 1.807) is 4.90 Å². The minimum atomic E-state index is -0.246. The zero-order valence-corrected chi connectivity index (χ0v) is 14.8. The Morgan fingerprint density at radius 1 is 1.26 bits per heavy atom. The van der Waals surface area contributed by atoms with Crippen LogP contribution in [0.25, 0.3) is 0 Å². The summed E-state index contributed by atoms with van der Waals surface area (Å²) in [5.74, 6) is 0.233. The zero-order chi connectivity index (χ0) is 16.8. The second-order valence-electron chi connectivity index (χ2n) is 7.45. The van der Waals surface area contributed by atoms with Crippen LogP contribution >= 0.6 is 0 Å². The molecule has 2 rings (SSSR count). The minimum Gasteiger partial charge on any atom is -0.393 e. The van der Waals surface area contributed by atoms with Crippen molar-refractivity contribution >= 4 is 6.03 Å². The molecule has 1 saturated heterocycles. The number of nitrogens with zero attached hydrogens (tertiary/aromatic N) is 2. The predicted octanol–water partition coefficient (Wildman–Crippen LogP) is 2.22. The van der Waals surface area contributed by atoms with E-state index in [-0.39, 0.29) is 24.1 Å². The quantitative estimate of drug-likeness (QED) is 0.763. The van der Waals surface area contributed by atoms with Crippen molar-refractivity contribution in [2.75, 3.05) is 33.2 Å². The van der Waals surface area contributed by atoms with Crippen molar-refractivity contribution in [3.63, 3.8) is 0 Å². The van der Waals surface area contributed by atoms with Crippen molar-refractivity contribution in [3.05, 3.63) is 12.2 Å². The number of nitrogens with one attached hydrogen (secondary N) is 1. The van der Waals surface area contributed by atoms with Gasteiger partial charge in [0.2, 0.25) is 0 Å². The Labute approximate surface area is 140 Å². The molecule has 0 spiro atoms. The first-order valence-corrected chi connectivity index (χ1v) is 9.02. The molecule has 2 amide bonds. The zero-order valence-electron chi connectivity index (χ0n) is 14.8. The van der Waals surface area contributed by atoms with Gasteiger partial charge < -0.3 is 15.3 Å². The van der Waals surface area contributed by atoms with E-state index in [0.717, 1.165) is 51.7 Å². The number of likely N-dealkylation sites (tertiary alicyclic amines) is 1. The van der Waals surface area contributed by atoms with Crippen LogP contribution in [0.15, 0.2) is 12.2 Å². The van der Waals surface area contributed by atoms with E-state index in [2.05, 4.69) is 23.7 Å². The summed E-state index contributed by atoms with van der Waals surface area (Å²) in [6, 6.07) is 0.267. The number of hydrogen-bond donors (Lipinski definition) is 2. The van der Waals surface area contributed by atoms with E-state index in [1.807, 2.05) is 7.05 Å². The Balaban J connectivity index is 1.70. The largest absolute Gasteiger partial charge is 0.393 e. The third kappa shape index (κ3) is 5.81. The van der Waals surface area contributed by atoms with Gasteiger partial charge in [-0.25, -0.2) is 4.79 Å². The van der Waals surface area contributed by atoms with Crippen molar-refractivity contribution in [2.24, 2.45) is 5.92 Å². The lowest BCUT2D eigenvalue weighted by molar-refractivity contribution is 0.0560. The molecule has 2 fully saturated rings. The average molecular weight is 323 g/mol. The standard InChI is InChI=1S/C18H33N3O2/c1-14(2)12-21-10-8-16(9-11-21)19-18(23)20(3)13-15-6-4-5-7-17(15)22/h15-17,22H,1,4-13H2,2-3H3,(H,19,23). The van der Waals surface area contributed by atoms with E-state index < -0.39 is 0 Å². The molecule has 0 radical (unpaired) electrons. The summed E-state index contributed by atoms with van der Waals surface area (Å²) in [6.45, 7) is 9.67. The van der Waals surface area contributed by atoms with Crippen LogP contribution in [0.5, 0.6) is 0 Å². The Hall–Kier alpha value is -1.07. The first kappa shape index (κ1) is 18.3. The van der Waals surface area contributed by atoms with E-state index in [0.29, 0.717) is 6.54 Å². The fraction of sp³-hybridized carbons (Fsp3) is 0.833. The highest BCUT2D eigenvalue weighted by atomic mass is 16.3. The molecule has 1 heterocycles. The molecule has 2 atom stereocenters. The fourth-order valence-electron chi connectivity index (χ4n) is 3.74. The van der Waals surface area contributed by atoms with Crippen LogP contribution in [0.3, 0.4) is 0 Å². The maximum Gasteiger partial charge on any atom is 0.317 e. The molecule has 0 aromatic carbocycles. The number of rotatable bonds is 5. The second-order valence-corrected chi connectivity index (χ2v) is 7.45. The first-order valence-electron chi connectivity index (χ1n) is 9.02. The predicted molar refractivity (Wildman–Crippen MR) is 93.4 cm³/mol. The van der Waals surface area contributed by atoms with E-state index >= 15 is 0 Å². The summed E-state index contributed by atoms with van der Waals surface area (Å²) >= 11 is 0. The molecular formula is C18H33N3O2. The number of piperidine rings is 1. The molecule has 2 aliphatic rings. The van der Waals surface area contributed by atoms with Gasteiger partial charge in [0.15, 0.2) is 0 Å². The van der Waals surface area contributed by atoms with Crippen LogP contribution in [-0.2, 0) is 0 Å². The molecule has 1 aliphatic heterocycles. The molecule has 0 aromatic heterocycles. The van der Waals surface area contributed by atoms with E-state index in [9.17, 15) is 9.90 Å². The normalized spacial score (nSPS) is 26.7. The maximum absolute atomic E-state index is 12.4. The summed E-state index contributed by atoms with van der Waals surface area (Å²) in [7, 11) is 1.84. The highest BCUT2D eigenvalue weighted by Crippen LogP contribution is 2.25. The average Bonchev–Trinajstić information content (AvgIpc) is 2.51. The number of carbonyl (C=O) groups excluding carboxylic acids is 1. The number of hydrogen-bond acceptors (Lipinski definition) is 3. The van der Waals surface area contributed by atoms with Crippen LogP contribution in [0.4, 0.5) is 4.79 Å². The summed E-state index contributed by atoms with van der Waals surface area (Å²) in [4.78, 5) is 16.5. The molecule has 1 saturated carbocycles. The van der Waals surface area contributed by atoms with Gasteiger partial charge in [-0.2, -0.15) is 0 Å². The molecule has 23 heavy (non-hydrogen) atoms.